The Hall–Kier alpha value is -3.32. The van der Waals surface area contributed by atoms with Crippen LogP contribution in [0.5, 0.6) is 0 Å². The lowest BCUT2D eigenvalue weighted by Gasteiger charge is -2.49. The van der Waals surface area contributed by atoms with Gasteiger partial charge in [0.15, 0.2) is 10.8 Å². The number of hydrogen-bond acceptors (Lipinski definition) is 14. The average Bonchev–Trinajstić information content (AvgIpc) is 3.37. The van der Waals surface area contributed by atoms with Gasteiger partial charge in [-0.05, 0) is 18.9 Å². The van der Waals surface area contributed by atoms with Gasteiger partial charge in [0.2, 0.25) is 5.91 Å². The Balaban J connectivity index is 1.55. The average molecular weight is 639 g/mol. The van der Waals surface area contributed by atoms with Crippen LogP contribution in [0.3, 0.4) is 0 Å². The zero-order valence-corrected chi connectivity index (χ0v) is 25.0. The fourth-order valence-electron chi connectivity index (χ4n) is 4.04. The van der Waals surface area contributed by atoms with Crippen LogP contribution < -0.4 is 21.7 Å². The lowest BCUT2D eigenvalue weighted by molar-refractivity contribution is -0.150. The number of carboxylic acids is 1. The Morgan fingerprint density at radius 2 is 2.15 bits per heavy atom. The van der Waals surface area contributed by atoms with E-state index in [-0.39, 0.29) is 34.7 Å². The summed E-state index contributed by atoms with van der Waals surface area (Å²) in [6.45, 7) is 2.09. The number of carbonyl (C=O) groups is 4. The molecule has 7 N–H and O–H groups in total. The van der Waals surface area contributed by atoms with Crippen LogP contribution in [-0.4, -0.2) is 91.1 Å². The van der Waals surface area contributed by atoms with Gasteiger partial charge in [-0.15, -0.1) is 34.9 Å². The van der Waals surface area contributed by atoms with Gasteiger partial charge in [0.25, 0.3) is 11.8 Å². The molecule has 2 aliphatic rings. The Bertz CT molecular complexity index is 1420. The maximum absolute atomic E-state index is 13.1. The Morgan fingerprint density at radius 1 is 1.37 bits per heavy atom. The first-order valence-corrected chi connectivity index (χ1v) is 15.8. The van der Waals surface area contributed by atoms with Crippen molar-refractivity contribution in [3.8, 4) is 0 Å². The number of oxime groups is 1. The molecule has 1 unspecified atom stereocenters. The van der Waals surface area contributed by atoms with Gasteiger partial charge in [-0.2, -0.15) is 0 Å². The van der Waals surface area contributed by atoms with Gasteiger partial charge in [-0.25, -0.2) is 9.78 Å². The smallest absolute Gasteiger partial charge is 0.353 e. The summed E-state index contributed by atoms with van der Waals surface area (Å²) >= 11 is 5.03. The predicted molar refractivity (Wildman–Crippen MR) is 158 cm³/mol. The number of pyridine rings is 1. The number of carbonyl (C=O) groups excluding carboxylic acids is 3. The van der Waals surface area contributed by atoms with Crippen molar-refractivity contribution < 1.29 is 29.5 Å². The Morgan fingerprint density at radius 3 is 2.78 bits per heavy atom. The third kappa shape index (κ3) is 6.61. The number of fused-ring (bicyclic) bond motifs is 1. The molecule has 0 aromatic carbocycles. The molecule has 3 atom stereocenters. The van der Waals surface area contributed by atoms with Crippen molar-refractivity contribution in [3.63, 3.8) is 0 Å². The number of amides is 3. The number of anilines is 1. The number of aliphatic carboxylic acids is 1. The molecule has 4 heterocycles. The zero-order chi connectivity index (χ0) is 29.7. The Kier molecular flexibility index (Phi) is 10.1. The highest BCUT2D eigenvalue weighted by molar-refractivity contribution is 8.06. The highest BCUT2D eigenvalue weighted by Crippen LogP contribution is 2.46. The first-order valence-electron chi connectivity index (χ1n) is 12.0. The number of nitrogen functional groups attached to an aromatic ring is 1. The summed E-state index contributed by atoms with van der Waals surface area (Å²) in [7, 11) is 1.67. The van der Waals surface area contributed by atoms with Crippen LogP contribution in [-0.2, 0) is 19.2 Å². The third-order valence-electron chi connectivity index (χ3n) is 5.79. The van der Waals surface area contributed by atoms with Crippen LogP contribution in [0.15, 0.2) is 44.5 Å². The molecule has 14 nitrogen and oxygen atoms in total. The van der Waals surface area contributed by atoms with E-state index in [4.69, 9.17) is 5.73 Å². The molecule has 41 heavy (non-hydrogen) atoms. The molecular formula is C23H26N8O6S4. The van der Waals surface area contributed by atoms with Gasteiger partial charge < -0.3 is 32.0 Å². The number of β-lactam (4-membered cyclic amide) rings is 1. The van der Waals surface area contributed by atoms with E-state index in [0.29, 0.717) is 21.1 Å². The number of carboxylic acid groups (broad SMARTS) is 1. The summed E-state index contributed by atoms with van der Waals surface area (Å²) in [6, 6.07) is 0.698. The molecule has 0 bridgehead atoms. The van der Waals surface area contributed by atoms with Crippen molar-refractivity contribution in [2.45, 2.75) is 28.6 Å². The number of thioether (sulfide) groups is 3. The van der Waals surface area contributed by atoms with E-state index < -0.39 is 40.3 Å². The summed E-state index contributed by atoms with van der Waals surface area (Å²) in [6.07, 6.45) is 3.21. The molecule has 2 aliphatic heterocycles. The molecule has 0 spiro atoms. The largest absolute Gasteiger partial charge is 0.477 e. The molecule has 4 rings (SSSR count). The number of nitrogens with two attached hydrogens (primary N) is 1. The van der Waals surface area contributed by atoms with Gasteiger partial charge in [-0.3, -0.25) is 24.3 Å². The highest BCUT2D eigenvalue weighted by Gasteiger charge is 2.54. The highest BCUT2D eigenvalue weighted by atomic mass is 32.2. The molecule has 0 radical (unpaired) electrons. The summed E-state index contributed by atoms with van der Waals surface area (Å²) in [5.74, 6) is -2.00. The van der Waals surface area contributed by atoms with Crippen molar-refractivity contribution in [3.05, 3.63) is 45.7 Å². The SMILES string of the molecule is CCSC(NC(=O)CNC)c1cnccc1SC1=C(C(=O)O)N2C(=O)[C@@H](NC(=O)/C(=N\O)c3csc(N)n3)[C@@H]2SC1. The van der Waals surface area contributed by atoms with Crippen LogP contribution in [0, 0.1) is 0 Å². The lowest BCUT2D eigenvalue weighted by atomic mass is 10.0. The first kappa shape index (κ1) is 30.6. The number of thiazole rings is 1. The van der Waals surface area contributed by atoms with Gasteiger partial charge in [0.1, 0.15) is 28.2 Å². The quantitative estimate of drug-likeness (QED) is 0.0627. The second-order valence-corrected chi connectivity index (χ2v) is 12.9. The van der Waals surface area contributed by atoms with E-state index in [1.54, 1.807) is 25.5 Å². The van der Waals surface area contributed by atoms with Gasteiger partial charge in [0.05, 0.1) is 6.54 Å². The van der Waals surface area contributed by atoms with E-state index >= 15 is 0 Å². The van der Waals surface area contributed by atoms with E-state index in [1.165, 1.54) is 40.7 Å². The number of nitrogens with zero attached hydrogens (tertiary/aromatic N) is 4. The topological polar surface area (TPSA) is 212 Å². The van der Waals surface area contributed by atoms with E-state index in [0.717, 1.165) is 16.2 Å². The van der Waals surface area contributed by atoms with Crippen LogP contribution in [0.25, 0.3) is 0 Å². The number of likely N-dealkylation sites (N-methyl/N-ethyl adjacent to an activating group) is 1. The van der Waals surface area contributed by atoms with Crippen LogP contribution in [0.2, 0.25) is 0 Å². The maximum atomic E-state index is 13.1. The standard InChI is InChI=1S/C23H26N8O6S4/c1-3-38-19(28-14(32)7-25-2)10-6-26-5-4-12(10)41-13-9-39-21-16(20(34)31(21)17(13)22(35)36)29-18(33)15(30-37)11-8-40-23(24)27-11/h4-6,8,16,19,21,25,37H,3,7,9H2,1-2H3,(H2,24,27)(H,28,32)(H,29,33)(H,35,36)/b30-15-/t16-,19?,21+/m1/s1. The van der Waals surface area contributed by atoms with Crippen molar-refractivity contribution in [1.29, 1.82) is 0 Å². The lowest BCUT2D eigenvalue weighted by Crippen LogP contribution is -2.71. The van der Waals surface area contributed by atoms with Crippen molar-refractivity contribution in [2.24, 2.45) is 5.16 Å². The summed E-state index contributed by atoms with van der Waals surface area (Å²) in [5.41, 5.74) is 5.75. The van der Waals surface area contributed by atoms with Crippen molar-refractivity contribution in [2.75, 3.05) is 30.8 Å². The fraction of sp³-hybridized carbons (Fsp3) is 0.348. The monoisotopic (exact) mass is 638 g/mol. The molecule has 1 fully saturated rings. The number of aromatic nitrogens is 2. The van der Waals surface area contributed by atoms with E-state index in [9.17, 15) is 29.5 Å². The van der Waals surface area contributed by atoms with Crippen LogP contribution in [0.4, 0.5) is 5.13 Å². The normalized spacial score (nSPS) is 19.3. The van der Waals surface area contributed by atoms with E-state index in [1.807, 2.05) is 6.92 Å². The predicted octanol–water partition coefficient (Wildman–Crippen LogP) is 0.874. The molecule has 0 aliphatic carbocycles. The zero-order valence-electron chi connectivity index (χ0n) is 21.7. The summed E-state index contributed by atoms with van der Waals surface area (Å²) < 4.78 is 0. The maximum Gasteiger partial charge on any atom is 0.353 e. The van der Waals surface area contributed by atoms with Gasteiger partial charge in [-0.1, -0.05) is 23.8 Å². The minimum Gasteiger partial charge on any atom is -0.477 e. The van der Waals surface area contributed by atoms with Crippen LogP contribution in [0.1, 0.15) is 23.6 Å². The summed E-state index contributed by atoms with van der Waals surface area (Å²) in [5, 5.41) is 31.2. The minimum atomic E-state index is -1.29. The van der Waals surface area contributed by atoms with E-state index in [2.05, 4.69) is 31.1 Å². The number of hydrogen-bond donors (Lipinski definition) is 6. The number of rotatable bonds is 12. The molecule has 3 amide bonds. The molecule has 2 aromatic heterocycles. The van der Waals surface area contributed by atoms with Gasteiger partial charge in [0, 0.05) is 38.9 Å². The third-order valence-corrected chi connectivity index (χ3v) is 10.1. The minimum absolute atomic E-state index is 0.0482. The number of nitrogens with one attached hydrogen (secondary N) is 3. The van der Waals surface area contributed by atoms with Crippen molar-refractivity contribution >= 4 is 81.2 Å². The molecule has 218 valence electrons. The van der Waals surface area contributed by atoms with Gasteiger partial charge >= 0.3 is 5.97 Å². The molecule has 0 saturated carbocycles. The Labute approximate surface area is 251 Å². The van der Waals surface area contributed by atoms with Crippen LogP contribution >= 0.6 is 46.6 Å². The fourth-order valence-corrected chi connectivity index (χ4v) is 8.18. The molecule has 1 saturated heterocycles. The molecular weight excluding hydrogens is 613 g/mol. The molecule has 2 aromatic rings. The van der Waals surface area contributed by atoms with Crippen molar-refractivity contribution in [1.82, 2.24) is 30.8 Å². The first-order chi connectivity index (χ1) is 19.7. The second-order valence-electron chi connectivity index (χ2n) is 8.41. The second kappa shape index (κ2) is 13.6. The molecule has 18 heteroatoms. The summed E-state index contributed by atoms with van der Waals surface area (Å²) in [4.78, 5) is 61.0.